The van der Waals surface area contributed by atoms with E-state index in [0.717, 1.165) is 16.7 Å². The standard InChI is InChI=1S/C25H28N2O3S/c1-4-24(21-11-7-5-8-12-21)26-25(28)18-27(22-16-19(2)15-20(3)17-22)31(29,30)23-13-9-6-10-14-23/h5-17,24H,4,18H2,1-3H3,(H,26,28)/t24-/m0/s1. The molecule has 1 atom stereocenters. The molecule has 0 radical (unpaired) electrons. The zero-order chi connectivity index (χ0) is 22.4. The van der Waals surface area contributed by atoms with Crippen molar-refractivity contribution in [2.24, 2.45) is 0 Å². The van der Waals surface area contributed by atoms with Crippen LogP contribution in [0, 0.1) is 13.8 Å². The minimum Gasteiger partial charge on any atom is -0.348 e. The van der Waals surface area contributed by atoms with Gasteiger partial charge in [-0.1, -0.05) is 61.5 Å². The lowest BCUT2D eigenvalue weighted by Gasteiger charge is -2.26. The summed E-state index contributed by atoms with van der Waals surface area (Å²) in [6.45, 7) is 5.50. The largest absolute Gasteiger partial charge is 0.348 e. The number of anilines is 1. The summed E-state index contributed by atoms with van der Waals surface area (Å²) in [4.78, 5) is 13.2. The molecule has 5 nitrogen and oxygen atoms in total. The lowest BCUT2D eigenvalue weighted by atomic mass is 10.0. The van der Waals surface area contributed by atoms with E-state index in [9.17, 15) is 13.2 Å². The number of carbonyl (C=O) groups excluding carboxylic acids is 1. The van der Waals surface area contributed by atoms with Crippen molar-refractivity contribution in [2.45, 2.75) is 38.1 Å². The predicted octanol–water partition coefficient (Wildman–Crippen LogP) is 4.77. The number of benzene rings is 3. The van der Waals surface area contributed by atoms with E-state index in [1.807, 2.05) is 57.2 Å². The fraction of sp³-hybridized carbons (Fsp3) is 0.240. The minimum atomic E-state index is -3.92. The third-order valence-electron chi connectivity index (χ3n) is 5.06. The Morgan fingerprint density at radius 2 is 1.45 bits per heavy atom. The van der Waals surface area contributed by atoms with Crippen molar-refractivity contribution in [2.75, 3.05) is 10.8 Å². The van der Waals surface area contributed by atoms with Gasteiger partial charge in [-0.05, 0) is 61.2 Å². The van der Waals surface area contributed by atoms with E-state index in [0.29, 0.717) is 12.1 Å². The highest BCUT2D eigenvalue weighted by Gasteiger charge is 2.28. The van der Waals surface area contributed by atoms with Gasteiger partial charge in [-0.2, -0.15) is 0 Å². The van der Waals surface area contributed by atoms with Crippen LogP contribution in [0.5, 0.6) is 0 Å². The maximum atomic E-state index is 13.5. The Kier molecular flexibility index (Phi) is 7.13. The van der Waals surface area contributed by atoms with Crippen molar-refractivity contribution in [3.8, 4) is 0 Å². The Morgan fingerprint density at radius 1 is 0.903 bits per heavy atom. The molecule has 0 saturated carbocycles. The van der Waals surface area contributed by atoms with Gasteiger partial charge in [0.05, 0.1) is 16.6 Å². The second-order valence-electron chi connectivity index (χ2n) is 7.61. The molecule has 0 heterocycles. The molecule has 3 rings (SSSR count). The van der Waals surface area contributed by atoms with Gasteiger partial charge in [0.25, 0.3) is 10.0 Å². The van der Waals surface area contributed by atoms with Gasteiger partial charge >= 0.3 is 0 Å². The molecular formula is C25H28N2O3S. The first-order valence-electron chi connectivity index (χ1n) is 10.3. The van der Waals surface area contributed by atoms with Crippen LogP contribution in [0.1, 0.15) is 36.1 Å². The van der Waals surface area contributed by atoms with Crippen LogP contribution in [0.2, 0.25) is 0 Å². The highest BCUT2D eigenvalue weighted by molar-refractivity contribution is 7.92. The van der Waals surface area contributed by atoms with Crippen LogP contribution >= 0.6 is 0 Å². The zero-order valence-electron chi connectivity index (χ0n) is 18.1. The topological polar surface area (TPSA) is 66.5 Å². The molecule has 31 heavy (non-hydrogen) atoms. The molecule has 0 unspecified atom stereocenters. The molecule has 0 aliphatic rings. The van der Waals surface area contributed by atoms with E-state index in [4.69, 9.17) is 0 Å². The maximum Gasteiger partial charge on any atom is 0.264 e. The first-order valence-corrected chi connectivity index (χ1v) is 11.8. The van der Waals surface area contributed by atoms with Crippen LogP contribution in [-0.4, -0.2) is 20.9 Å². The zero-order valence-corrected chi connectivity index (χ0v) is 18.9. The summed E-state index contributed by atoms with van der Waals surface area (Å²) in [6.07, 6.45) is 0.699. The summed E-state index contributed by atoms with van der Waals surface area (Å²) in [6, 6.07) is 23.2. The summed E-state index contributed by atoms with van der Waals surface area (Å²) in [5.41, 5.74) is 3.32. The molecular weight excluding hydrogens is 408 g/mol. The molecule has 0 aromatic heterocycles. The molecule has 162 valence electrons. The van der Waals surface area contributed by atoms with Crippen molar-refractivity contribution in [3.63, 3.8) is 0 Å². The highest BCUT2D eigenvalue weighted by Crippen LogP contribution is 2.26. The summed E-state index contributed by atoms with van der Waals surface area (Å²) < 4.78 is 28.1. The third-order valence-corrected chi connectivity index (χ3v) is 6.85. The summed E-state index contributed by atoms with van der Waals surface area (Å²) >= 11 is 0. The second-order valence-corrected chi connectivity index (χ2v) is 9.47. The number of aryl methyl sites for hydroxylation is 2. The van der Waals surface area contributed by atoms with Crippen molar-refractivity contribution in [3.05, 3.63) is 95.6 Å². The van der Waals surface area contributed by atoms with Gasteiger partial charge in [-0.15, -0.1) is 0 Å². The average Bonchev–Trinajstić information content (AvgIpc) is 2.76. The van der Waals surface area contributed by atoms with E-state index in [1.54, 1.807) is 42.5 Å². The smallest absolute Gasteiger partial charge is 0.264 e. The van der Waals surface area contributed by atoms with Gasteiger partial charge in [-0.25, -0.2) is 8.42 Å². The molecule has 0 saturated heterocycles. The minimum absolute atomic E-state index is 0.150. The molecule has 0 fully saturated rings. The van der Waals surface area contributed by atoms with E-state index in [-0.39, 0.29) is 23.4 Å². The van der Waals surface area contributed by atoms with Gasteiger partial charge in [0, 0.05) is 0 Å². The van der Waals surface area contributed by atoms with E-state index < -0.39 is 10.0 Å². The van der Waals surface area contributed by atoms with Crippen LogP contribution < -0.4 is 9.62 Å². The van der Waals surface area contributed by atoms with E-state index in [2.05, 4.69) is 5.32 Å². The SMILES string of the molecule is CC[C@H](NC(=O)CN(c1cc(C)cc(C)c1)S(=O)(=O)c1ccccc1)c1ccccc1. The van der Waals surface area contributed by atoms with Crippen LogP contribution in [-0.2, 0) is 14.8 Å². The molecule has 3 aromatic rings. The van der Waals surface area contributed by atoms with Gasteiger partial charge in [0.1, 0.15) is 6.54 Å². The number of hydrogen-bond donors (Lipinski definition) is 1. The molecule has 1 N–H and O–H groups in total. The first-order chi connectivity index (χ1) is 14.8. The predicted molar refractivity (Wildman–Crippen MR) is 125 cm³/mol. The van der Waals surface area contributed by atoms with Gasteiger partial charge in [-0.3, -0.25) is 9.10 Å². The monoisotopic (exact) mass is 436 g/mol. The van der Waals surface area contributed by atoms with Crippen LogP contribution in [0.4, 0.5) is 5.69 Å². The van der Waals surface area contributed by atoms with E-state index in [1.165, 1.54) is 4.31 Å². The molecule has 0 aliphatic heterocycles. The third kappa shape index (κ3) is 5.52. The second kappa shape index (κ2) is 9.79. The lowest BCUT2D eigenvalue weighted by Crippen LogP contribution is -2.42. The Balaban J connectivity index is 1.94. The van der Waals surface area contributed by atoms with Crippen LogP contribution in [0.25, 0.3) is 0 Å². The number of nitrogens with zero attached hydrogens (tertiary/aromatic N) is 1. The quantitative estimate of drug-likeness (QED) is 0.553. The normalized spacial score (nSPS) is 12.2. The Labute approximate surface area is 184 Å². The first kappa shape index (κ1) is 22.6. The number of amides is 1. The number of nitrogens with one attached hydrogen (secondary N) is 1. The Hall–Kier alpha value is -3.12. The average molecular weight is 437 g/mol. The van der Waals surface area contributed by atoms with Crippen LogP contribution in [0.15, 0.2) is 83.8 Å². The van der Waals surface area contributed by atoms with Gasteiger partial charge in [0.2, 0.25) is 5.91 Å². The van der Waals surface area contributed by atoms with Crippen molar-refractivity contribution >= 4 is 21.6 Å². The lowest BCUT2D eigenvalue weighted by molar-refractivity contribution is -0.120. The van der Waals surface area contributed by atoms with Crippen LogP contribution in [0.3, 0.4) is 0 Å². The van der Waals surface area contributed by atoms with Gasteiger partial charge in [0.15, 0.2) is 0 Å². The molecule has 6 heteroatoms. The molecule has 0 aliphatic carbocycles. The summed E-state index contributed by atoms with van der Waals surface area (Å²) in [5, 5.41) is 2.99. The summed E-state index contributed by atoms with van der Waals surface area (Å²) in [5.74, 6) is -0.352. The number of rotatable bonds is 8. The fourth-order valence-electron chi connectivity index (χ4n) is 3.61. The molecule has 3 aromatic carbocycles. The fourth-order valence-corrected chi connectivity index (χ4v) is 5.03. The molecule has 1 amide bonds. The van der Waals surface area contributed by atoms with E-state index >= 15 is 0 Å². The Bertz CT molecular complexity index is 1110. The number of hydrogen-bond acceptors (Lipinski definition) is 3. The number of sulfonamides is 1. The Morgan fingerprint density at radius 3 is 2.00 bits per heavy atom. The van der Waals surface area contributed by atoms with Gasteiger partial charge < -0.3 is 5.32 Å². The molecule has 0 spiro atoms. The van der Waals surface area contributed by atoms with Crippen molar-refractivity contribution in [1.82, 2.24) is 5.32 Å². The number of carbonyl (C=O) groups is 1. The van der Waals surface area contributed by atoms with Crippen molar-refractivity contribution in [1.29, 1.82) is 0 Å². The molecule has 0 bridgehead atoms. The summed E-state index contributed by atoms with van der Waals surface area (Å²) in [7, 11) is -3.92. The highest BCUT2D eigenvalue weighted by atomic mass is 32.2. The van der Waals surface area contributed by atoms with Crippen molar-refractivity contribution < 1.29 is 13.2 Å². The maximum absolute atomic E-state index is 13.5.